The monoisotopic (exact) mass is 282 g/mol. The maximum atomic E-state index is 5.84. The standard InChI is InChI=1S/C17H34N2O/c1-15(2)11-19(16-7-4-5-8-16)13-17(12-18-3)9-6-10-20-14-17/h15-16,18H,4-14H2,1-3H3. The van der Waals surface area contributed by atoms with E-state index in [1.807, 2.05) is 0 Å². The molecule has 3 nitrogen and oxygen atoms in total. The molecular formula is C17H34N2O. The third-order valence-corrected chi connectivity index (χ3v) is 4.94. The van der Waals surface area contributed by atoms with Gasteiger partial charge in [-0.3, -0.25) is 4.90 Å². The van der Waals surface area contributed by atoms with Gasteiger partial charge < -0.3 is 10.1 Å². The lowest BCUT2D eigenvalue weighted by molar-refractivity contribution is -0.0337. The van der Waals surface area contributed by atoms with Gasteiger partial charge in [-0.15, -0.1) is 0 Å². The molecule has 0 aromatic carbocycles. The first-order chi connectivity index (χ1) is 9.65. The molecule has 1 aliphatic carbocycles. The zero-order valence-corrected chi connectivity index (χ0v) is 13.8. The van der Waals surface area contributed by atoms with E-state index in [2.05, 4.69) is 31.1 Å². The Balaban J connectivity index is 2.02. The number of hydrogen-bond donors (Lipinski definition) is 1. The summed E-state index contributed by atoms with van der Waals surface area (Å²) in [6.45, 7) is 10.2. The highest BCUT2D eigenvalue weighted by molar-refractivity contribution is 4.90. The van der Waals surface area contributed by atoms with Gasteiger partial charge in [0.05, 0.1) is 6.61 Å². The smallest absolute Gasteiger partial charge is 0.0546 e. The van der Waals surface area contributed by atoms with Crippen molar-refractivity contribution in [3.63, 3.8) is 0 Å². The van der Waals surface area contributed by atoms with Gasteiger partial charge in [-0.05, 0) is 38.6 Å². The Bertz CT molecular complexity index is 263. The maximum absolute atomic E-state index is 5.84. The topological polar surface area (TPSA) is 24.5 Å². The van der Waals surface area contributed by atoms with E-state index in [1.54, 1.807) is 0 Å². The lowest BCUT2D eigenvalue weighted by Gasteiger charge is -2.43. The van der Waals surface area contributed by atoms with Gasteiger partial charge in [-0.25, -0.2) is 0 Å². The molecule has 0 amide bonds. The Morgan fingerprint density at radius 3 is 2.55 bits per heavy atom. The van der Waals surface area contributed by atoms with Crippen LogP contribution in [0.15, 0.2) is 0 Å². The summed E-state index contributed by atoms with van der Waals surface area (Å²) in [7, 11) is 2.08. The minimum atomic E-state index is 0.338. The average molecular weight is 282 g/mol. The lowest BCUT2D eigenvalue weighted by Crippen LogP contribution is -2.51. The summed E-state index contributed by atoms with van der Waals surface area (Å²) in [5.74, 6) is 0.756. The normalized spacial score (nSPS) is 28.6. The SMILES string of the molecule is CNCC1(CN(CC(C)C)C2CCCC2)CCCOC1. The molecule has 1 N–H and O–H groups in total. The van der Waals surface area contributed by atoms with Crippen LogP contribution < -0.4 is 5.32 Å². The second kappa shape index (κ2) is 7.77. The van der Waals surface area contributed by atoms with Crippen molar-refractivity contribution in [2.45, 2.75) is 58.4 Å². The van der Waals surface area contributed by atoms with Crippen LogP contribution in [-0.4, -0.2) is 50.8 Å². The molecule has 3 heteroatoms. The minimum Gasteiger partial charge on any atom is -0.381 e. The molecule has 0 radical (unpaired) electrons. The lowest BCUT2D eigenvalue weighted by atomic mass is 9.81. The molecule has 118 valence electrons. The molecule has 2 aliphatic rings. The first-order valence-corrected chi connectivity index (χ1v) is 8.62. The fraction of sp³-hybridized carbons (Fsp3) is 1.00. The number of ether oxygens (including phenoxy) is 1. The second-order valence-corrected chi connectivity index (χ2v) is 7.45. The van der Waals surface area contributed by atoms with Crippen LogP contribution in [-0.2, 0) is 4.74 Å². The first kappa shape index (κ1) is 16.3. The molecule has 0 spiro atoms. The highest BCUT2D eigenvalue weighted by Crippen LogP contribution is 2.33. The average Bonchev–Trinajstić information content (AvgIpc) is 2.92. The molecule has 1 heterocycles. The third-order valence-electron chi connectivity index (χ3n) is 4.94. The fourth-order valence-corrected chi connectivity index (χ4v) is 4.12. The van der Waals surface area contributed by atoms with Crippen molar-refractivity contribution in [3.8, 4) is 0 Å². The summed E-state index contributed by atoms with van der Waals surface area (Å²) in [4.78, 5) is 2.80. The van der Waals surface area contributed by atoms with Crippen molar-refractivity contribution >= 4 is 0 Å². The minimum absolute atomic E-state index is 0.338. The van der Waals surface area contributed by atoms with Gasteiger partial charge in [0.2, 0.25) is 0 Å². The zero-order chi connectivity index (χ0) is 14.4. The Morgan fingerprint density at radius 2 is 2.00 bits per heavy atom. The summed E-state index contributed by atoms with van der Waals surface area (Å²) in [6.07, 6.45) is 8.20. The van der Waals surface area contributed by atoms with Crippen molar-refractivity contribution < 1.29 is 4.74 Å². The van der Waals surface area contributed by atoms with Crippen LogP contribution in [0.25, 0.3) is 0 Å². The highest BCUT2D eigenvalue weighted by atomic mass is 16.5. The second-order valence-electron chi connectivity index (χ2n) is 7.45. The van der Waals surface area contributed by atoms with Crippen LogP contribution in [0.2, 0.25) is 0 Å². The first-order valence-electron chi connectivity index (χ1n) is 8.62. The molecule has 1 saturated heterocycles. The number of nitrogens with one attached hydrogen (secondary N) is 1. The summed E-state index contributed by atoms with van der Waals surface area (Å²) in [5.41, 5.74) is 0.338. The molecule has 0 bridgehead atoms. The van der Waals surface area contributed by atoms with E-state index >= 15 is 0 Å². The van der Waals surface area contributed by atoms with E-state index in [4.69, 9.17) is 4.74 Å². The highest BCUT2D eigenvalue weighted by Gasteiger charge is 2.36. The zero-order valence-electron chi connectivity index (χ0n) is 13.8. The predicted molar refractivity (Wildman–Crippen MR) is 85.1 cm³/mol. The van der Waals surface area contributed by atoms with Gasteiger partial charge in [-0.2, -0.15) is 0 Å². The van der Waals surface area contributed by atoms with Crippen molar-refractivity contribution in [3.05, 3.63) is 0 Å². The van der Waals surface area contributed by atoms with Gasteiger partial charge in [0.25, 0.3) is 0 Å². The third kappa shape index (κ3) is 4.44. The van der Waals surface area contributed by atoms with Crippen molar-refractivity contribution in [1.82, 2.24) is 10.2 Å². The van der Waals surface area contributed by atoms with Crippen LogP contribution in [0.3, 0.4) is 0 Å². The molecule has 0 aromatic heterocycles. The van der Waals surface area contributed by atoms with E-state index in [-0.39, 0.29) is 0 Å². The molecule has 20 heavy (non-hydrogen) atoms. The molecule has 2 rings (SSSR count). The molecule has 0 aromatic rings. The Labute approximate surface area is 125 Å². The Hall–Kier alpha value is -0.120. The molecule has 1 aliphatic heterocycles. The largest absolute Gasteiger partial charge is 0.381 e. The predicted octanol–water partition coefficient (Wildman–Crippen LogP) is 2.90. The van der Waals surface area contributed by atoms with Gasteiger partial charge in [-0.1, -0.05) is 26.7 Å². The van der Waals surface area contributed by atoms with E-state index in [0.29, 0.717) is 5.41 Å². The number of nitrogens with zero attached hydrogens (tertiary/aromatic N) is 1. The van der Waals surface area contributed by atoms with E-state index in [0.717, 1.165) is 31.7 Å². The number of hydrogen-bond acceptors (Lipinski definition) is 3. The molecular weight excluding hydrogens is 248 g/mol. The summed E-state index contributed by atoms with van der Waals surface area (Å²) < 4.78 is 5.84. The summed E-state index contributed by atoms with van der Waals surface area (Å²) >= 11 is 0. The van der Waals surface area contributed by atoms with Crippen LogP contribution in [0.1, 0.15) is 52.4 Å². The van der Waals surface area contributed by atoms with Crippen LogP contribution >= 0.6 is 0 Å². The molecule has 1 unspecified atom stereocenters. The summed E-state index contributed by atoms with van der Waals surface area (Å²) in [5, 5.41) is 3.42. The van der Waals surface area contributed by atoms with Gasteiger partial charge in [0, 0.05) is 37.7 Å². The molecule has 1 saturated carbocycles. The number of rotatable bonds is 7. The van der Waals surface area contributed by atoms with E-state index < -0.39 is 0 Å². The van der Waals surface area contributed by atoms with E-state index in [9.17, 15) is 0 Å². The fourth-order valence-electron chi connectivity index (χ4n) is 4.12. The van der Waals surface area contributed by atoms with E-state index in [1.165, 1.54) is 51.6 Å². The van der Waals surface area contributed by atoms with Crippen LogP contribution in [0.4, 0.5) is 0 Å². The van der Waals surface area contributed by atoms with Crippen molar-refractivity contribution in [2.24, 2.45) is 11.3 Å². The van der Waals surface area contributed by atoms with Crippen LogP contribution in [0.5, 0.6) is 0 Å². The maximum Gasteiger partial charge on any atom is 0.0546 e. The van der Waals surface area contributed by atoms with Crippen molar-refractivity contribution in [2.75, 3.05) is 39.9 Å². The quantitative estimate of drug-likeness (QED) is 0.777. The molecule has 1 atom stereocenters. The van der Waals surface area contributed by atoms with Gasteiger partial charge in [0.1, 0.15) is 0 Å². The summed E-state index contributed by atoms with van der Waals surface area (Å²) in [6, 6.07) is 0.827. The van der Waals surface area contributed by atoms with Gasteiger partial charge >= 0.3 is 0 Å². The Kier molecular flexibility index (Phi) is 6.31. The van der Waals surface area contributed by atoms with Crippen LogP contribution in [0, 0.1) is 11.3 Å². The Morgan fingerprint density at radius 1 is 1.25 bits per heavy atom. The van der Waals surface area contributed by atoms with Gasteiger partial charge in [0.15, 0.2) is 0 Å². The molecule has 2 fully saturated rings. The van der Waals surface area contributed by atoms with Crippen molar-refractivity contribution in [1.29, 1.82) is 0 Å².